The summed E-state index contributed by atoms with van der Waals surface area (Å²) in [5.74, 6) is 2.74. The molecule has 7 unspecified atom stereocenters. The molecule has 1 amide bonds. The van der Waals surface area contributed by atoms with Crippen molar-refractivity contribution in [3.63, 3.8) is 0 Å². The maximum absolute atomic E-state index is 12.6. The number of carbonyl (C=O) groups is 2. The lowest BCUT2D eigenvalue weighted by atomic mass is 9.43. The van der Waals surface area contributed by atoms with Gasteiger partial charge in [-0.25, -0.2) is 0 Å². The molecule has 4 aliphatic carbocycles. The summed E-state index contributed by atoms with van der Waals surface area (Å²) in [5, 5.41) is 24.7. The number of amides is 1. The minimum atomic E-state index is -0.270. The lowest BCUT2D eigenvalue weighted by Crippen LogP contribution is -2.58. The van der Waals surface area contributed by atoms with Crippen molar-refractivity contribution in [3.8, 4) is 0 Å². The highest BCUT2D eigenvalue weighted by Gasteiger charge is 2.62. The lowest BCUT2D eigenvalue weighted by Gasteiger charge is -2.62. The number of aliphatic hydroxyl groups is 2. The van der Waals surface area contributed by atoms with Crippen molar-refractivity contribution >= 4 is 11.9 Å². The summed E-state index contributed by atoms with van der Waals surface area (Å²) in [4.78, 5) is 24.3. The first kappa shape index (κ1) is 27.9. The second-order valence-electron chi connectivity index (χ2n) is 13.4. The second-order valence-corrected chi connectivity index (χ2v) is 13.4. The van der Waals surface area contributed by atoms with E-state index in [0.29, 0.717) is 48.5 Å². The van der Waals surface area contributed by atoms with Gasteiger partial charge >= 0.3 is 5.97 Å². The SMILES string of the molecule is CCOC(=O)CC(C)NC(=O)CCC(C)C1CCC2C3C(O)C[C@@H]4C[C@H](O)CC[C@]4(C)C3CC[C@]12C. The summed E-state index contributed by atoms with van der Waals surface area (Å²) >= 11 is 0. The maximum Gasteiger partial charge on any atom is 0.307 e. The van der Waals surface area contributed by atoms with Gasteiger partial charge in [-0.15, -0.1) is 0 Å². The van der Waals surface area contributed by atoms with Crippen molar-refractivity contribution in [2.75, 3.05) is 6.61 Å². The largest absolute Gasteiger partial charge is 0.466 e. The van der Waals surface area contributed by atoms with Crippen LogP contribution in [0.3, 0.4) is 0 Å². The van der Waals surface area contributed by atoms with Gasteiger partial charge in [-0.2, -0.15) is 0 Å². The zero-order valence-electron chi connectivity index (χ0n) is 23.3. The zero-order chi connectivity index (χ0) is 26.3. The Labute approximate surface area is 218 Å². The van der Waals surface area contributed by atoms with E-state index in [-0.39, 0.29) is 47.4 Å². The quantitative estimate of drug-likeness (QED) is 0.410. The van der Waals surface area contributed by atoms with E-state index in [2.05, 4.69) is 26.1 Å². The van der Waals surface area contributed by atoms with Crippen LogP contribution in [0.15, 0.2) is 0 Å². The molecule has 0 radical (unpaired) electrons. The highest BCUT2D eigenvalue weighted by molar-refractivity contribution is 5.77. The van der Waals surface area contributed by atoms with E-state index in [9.17, 15) is 19.8 Å². The van der Waals surface area contributed by atoms with Crippen LogP contribution in [0.1, 0.15) is 105 Å². The van der Waals surface area contributed by atoms with Crippen LogP contribution < -0.4 is 5.32 Å². The Balaban J connectivity index is 1.35. The average molecular weight is 506 g/mol. The van der Waals surface area contributed by atoms with Crippen molar-refractivity contribution in [2.45, 2.75) is 123 Å². The highest BCUT2D eigenvalue weighted by atomic mass is 16.5. The fraction of sp³-hybridized carbons (Fsp3) is 0.933. The first-order valence-electron chi connectivity index (χ1n) is 14.8. The Bertz CT molecular complexity index is 802. The number of carbonyl (C=O) groups excluding carboxylic acids is 2. The first-order valence-corrected chi connectivity index (χ1v) is 14.8. The van der Waals surface area contributed by atoms with Crippen LogP contribution in [0.5, 0.6) is 0 Å². The van der Waals surface area contributed by atoms with Crippen LogP contribution in [0.2, 0.25) is 0 Å². The Morgan fingerprint density at radius 3 is 2.42 bits per heavy atom. The van der Waals surface area contributed by atoms with Crippen molar-refractivity contribution in [2.24, 2.45) is 46.3 Å². The van der Waals surface area contributed by atoms with Gasteiger partial charge in [-0.05, 0) is 118 Å². The van der Waals surface area contributed by atoms with E-state index in [4.69, 9.17) is 4.74 Å². The van der Waals surface area contributed by atoms with Crippen molar-refractivity contribution in [3.05, 3.63) is 0 Å². The number of rotatable bonds is 8. The Morgan fingerprint density at radius 2 is 1.69 bits per heavy atom. The summed E-state index contributed by atoms with van der Waals surface area (Å²) in [6, 6.07) is -0.214. The molecular weight excluding hydrogens is 454 g/mol. The Morgan fingerprint density at radius 1 is 1.00 bits per heavy atom. The summed E-state index contributed by atoms with van der Waals surface area (Å²) in [7, 11) is 0. The molecule has 0 spiro atoms. The van der Waals surface area contributed by atoms with Crippen LogP contribution in [-0.4, -0.2) is 46.9 Å². The summed E-state index contributed by atoms with van der Waals surface area (Å²) in [6.07, 6.45) is 9.63. The topological polar surface area (TPSA) is 95.9 Å². The number of ether oxygens (including phenoxy) is 1. The van der Waals surface area contributed by atoms with Gasteiger partial charge in [0.1, 0.15) is 0 Å². The minimum absolute atomic E-state index is 0.0169. The highest BCUT2D eigenvalue weighted by Crippen LogP contribution is 2.68. The third-order valence-corrected chi connectivity index (χ3v) is 11.4. The van der Waals surface area contributed by atoms with Gasteiger partial charge in [0.15, 0.2) is 0 Å². The van der Waals surface area contributed by atoms with E-state index in [1.54, 1.807) is 6.92 Å². The molecule has 6 nitrogen and oxygen atoms in total. The Kier molecular flexibility index (Phi) is 8.46. The fourth-order valence-corrected chi connectivity index (χ4v) is 9.60. The predicted molar refractivity (Wildman–Crippen MR) is 140 cm³/mol. The maximum atomic E-state index is 12.6. The third-order valence-electron chi connectivity index (χ3n) is 11.4. The van der Waals surface area contributed by atoms with E-state index >= 15 is 0 Å². The van der Waals surface area contributed by atoms with Crippen LogP contribution in [0.25, 0.3) is 0 Å². The summed E-state index contributed by atoms with van der Waals surface area (Å²) < 4.78 is 4.99. The predicted octanol–water partition coefficient (Wildman–Crippen LogP) is 4.85. The molecule has 6 heteroatoms. The molecular formula is C30H51NO5. The van der Waals surface area contributed by atoms with Gasteiger partial charge in [0.25, 0.3) is 0 Å². The first-order chi connectivity index (χ1) is 17.0. The molecule has 0 aromatic rings. The van der Waals surface area contributed by atoms with E-state index in [1.807, 2.05) is 6.92 Å². The summed E-state index contributed by atoms with van der Waals surface area (Å²) in [5.41, 5.74) is 0.485. The molecule has 0 heterocycles. The van der Waals surface area contributed by atoms with Gasteiger partial charge in [-0.1, -0.05) is 20.8 Å². The molecule has 36 heavy (non-hydrogen) atoms. The van der Waals surface area contributed by atoms with Gasteiger partial charge < -0.3 is 20.3 Å². The van der Waals surface area contributed by atoms with Crippen molar-refractivity contribution in [1.82, 2.24) is 5.32 Å². The van der Waals surface area contributed by atoms with E-state index in [1.165, 1.54) is 25.7 Å². The lowest BCUT2D eigenvalue weighted by molar-refractivity contribution is -0.174. The molecule has 206 valence electrons. The van der Waals surface area contributed by atoms with Crippen molar-refractivity contribution < 1.29 is 24.5 Å². The molecule has 0 saturated heterocycles. The summed E-state index contributed by atoms with van der Waals surface area (Å²) in [6.45, 7) is 11.3. The monoisotopic (exact) mass is 505 g/mol. The molecule has 11 atom stereocenters. The number of fused-ring (bicyclic) bond motifs is 5. The number of hydrogen-bond acceptors (Lipinski definition) is 5. The van der Waals surface area contributed by atoms with Crippen molar-refractivity contribution in [1.29, 1.82) is 0 Å². The number of aliphatic hydroxyl groups excluding tert-OH is 2. The van der Waals surface area contributed by atoms with E-state index in [0.717, 1.165) is 32.1 Å². The third kappa shape index (κ3) is 5.23. The number of hydrogen-bond donors (Lipinski definition) is 3. The molecule has 0 aromatic heterocycles. The standard InChI is InChI=1S/C30H51NO5/c1-6-36-27(35)15-19(3)31-26(34)10-7-18(2)22-8-9-23-28-24(12-14-30(22,23)5)29(4)13-11-21(32)16-20(29)17-25(28)33/h18-25,28,32-33H,6-17H2,1-5H3,(H,31,34)/t18?,19?,20-,21+,22?,23?,24?,25?,28?,29-,30+/m0/s1. The molecule has 0 aromatic carbocycles. The molecule has 4 rings (SSSR count). The smallest absolute Gasteiger partial charge is 0.307 e. The van der Waals surface area contributed by atoms with Gasteiger partial charge in [0, 0.05) is 12.5 Å². The van der Waals surface area contributed by atoms with Crippen LogP contribution >= 0.6 is 0 Å². The van der Waals surface area contributed by atoms with Crippen LogP contribution in [0, 0.1) is 46.3 Å². The molecule has 4 fully saturated rings. The second kappa shape index (κ2) is 10.9. The van der Waals surface area contributed by atoms with Gasteiger partial charge in [0.2, 0.25) is 5.91 Å². The normalized spacial score (nSPS) is 43.5. The van der Waals surface area contributed by atoms with E-state index < -0.39 is 0 Å². The number of esters is 1. The Hall–Kier alpha value is -1.14. The fourth-order valence-electron chi connectivity index (χ4n) is 9.60. The van der Waals surface area contributed by atoms with Crippen LogP contribution in [-0.2, 0) is 14.3 Å². The molecule has 0 bridgehead atoms. The molecule has 3 N–H and O–H groups in total. The average Bonchev–Trinajstić information content (AvgIpc) is 3.16. The molecule has 4 saturated carbocycles. The zero-order valence-corrected chi connectivity index (χ0v) is 23.3. The minimum Gasteiger partial charge on any atom is -0.466 e. The molecule has 4 aliphatic rings. The van der Waals surface area contributed by atoms with Crippen LogP contribution in [0.4, 0.5) is 0 Å². The number of nitrogens with one attached hydrogen (secondary N) is 1. The van der Waals surface area contributed by atoms with Gasteiger partial charge in [0.05, 0.1) is 25.2 Å². The van der Waals surface area contributed by atoms with Gasteiger partial charge in [-0.3, -0.25) is 9.59 Å². The molecule has 0 aliphatic heterocycles.